The second-order valence-corrected chi connectivity index (χ2v) is 5.68. The molecule has 0 spiro atoms. The van der Waals surface area contributed by atoms with Gasteiger partial charge in [-0.05, 0) is 42.0 Å². The van der Waals surface area contributed by atoms with Crippen molar-refractivity contribution in [2.45, 2.75) is 13.0 Å². The third-order valence-electron chi connectivity index (χ3n) is 3.42. The lowest BCUT2D eigenvalue weighted by Crippen LogP contribution is -2.28. The summed E-state index contributed by atoms with van der Waals surface area (Å²) in [7, 11) is 0. The molecule has 7 heteroatoms. The van der Waals surface area contributed by atoms with Crippen LogP contribution in [0.3, 0.4) is 0 Å². The summed E-state index contributed by atoms with van der Waals surface area (Å²) < 4.78 is 24.0. The second-order valence-electron chi connectivity index (χ2n) is 5.27. The van der Waals surface area contributed by atoms with Crippen molar-refractivity contribution in [1.29, 1.82) is 0 Å². The largest absolute Gasteiger partial charge is 0.489 e. The molecule has 0 radical (unpaired) electrons. The molecule has 0 fully saturated rings. The fraction of sp³-hybridized carbons (Fsp3) is 0.235. The zero-order chi connectivity index (χ0) is 16.9. The first-order valence-electron chi connectivity index (χ1n) is 7.50. The molecule has 0 aliphatic carbocycles. The summed E-state index contributed by atoms with van der Waals surface area (Å²) in [4.78, 5) is 11.9. The number of benzene rings is 2. The number of hydrogen-bond donors (Lipinski definition) is 2. The summed E-state index contributed by atoms with van der Waals surface area (Å²) in [6.45, 7) is 1.39. The summed E-state index contributed by atoms with van der Waals surface area (Å²) in [5, 5.41) is 5.78. The van der Waals surface area contributed by atoms with Crippen LogP contribution in [0.4, 0.5) is 14.9 Å². The Morgan fingerprint density at radius 1 is 1.17 bits per heavy atom. The van der Waals surface area contributed by atoms with Crippen molar-refractivity contribution in [2.75, 3.05) is 18.5 Å². The van der Waals surface area contributed by atoms with Gasteiger partial charge in [-0.3, -0.25) is 0 Å². The lowest BCUT2D eigenvalue weighted by Gasteiger charge is -2.12. The van der Waals surface area contributed by atoms with E-state index in [1.807, 2.05) is 0 Å². The van der Waals surface area contributed by atoms with E-state index in [0.29, 0.717) is 35.4 Å². The molecule has 5 nitrogen and oxygen atoms in total. The average Bonchev–Trinajstić information content (AvgIpc) is 2.81. The zero-order valence-electron chi connectivity index (χ0n) is 12.8. The van der Waals surface area contributed by atoms with Crippen molar-refractivity contribution in [1.82, 2.24) is 5.32 Å². The van der Waals surface area contributed by atoms with Crippen LogP contribution in [0.5, 0.6) is 11.5 Å². The molecule has 0 bridgehead atoms. The van der Waals surface area contributed by atoms with Crippen LogP contribution in [-0.2, 0) is 6.54 Å². The predicted molar refractivity (Wildman–Crippen MR) is 89.3 cm³/mol. The minimum absolute atomic E-state index is 0.267. The number of anilines is 1. The quantitative estimate of drug-likeness (QED) is 0.880. The van der Waals surface area contributed by atoms with Gasteiger partial charge in [0, 0.05) is 18.7 Å². The van der Waals surface area contributed by atoms with Crippen molar-refractivity contribution in [3.8, 4) is 11.5 Å². The standard InChI is InChI=1S/C17H16ClFN2O3/c18-14-8-11(9-15-16(14)24-7-1-6-23-15)10-20-17(22)21-13-4-2-12(19)3-5-13/h2-5,8-9H,1,6-7,10H2,(H2,20,21,22). The van der Waals surface area contributed by atoms with Crippen molar-refractivity contribution in [2.24, 2.45) is 0 Å². The Morgan fingerprint density at radius 2 is 1.92 bits per heavy atom. The van der Waals surface area contributed by atoms with Crippen molar-refractivity contribution < 1.29 is 18.7 Å². The van der Waals surface area contributed by atoms with E-state index in [1.54, 1.807) is 12.1 Å². The highest BCUT2D eigenvalue weighted by atomic mass is 35.5. The highest BCUT2D eigenvalue weighted by molar-refractivity contribution is 6.32. The molecule has 1 heterocycles. The monoisotopic (exact) mass is 350 g/mol. The third kappa shape index (κ3) is 4.08. The van der Waals surface area contributed by atoms with Gasteiger partial charge in [-0.25, -0.2) is 9.18 Å². The summed E-state index contributed by atoms with van der Waals surface area (Å²) >= 11 is 6.21. The van der Waals surface area contributed by atoms with E-state index in [2.05, 4.69) is 10.6 Å². The summed E-state index contributed by atoms with van der Waals surface area (Å²) in [6.07, 6.45) is 0.790. The van der Waals surface area contributed by atoms with Crippen LogP contribution in [-0.4, -0.2) is 19.2 Å². The number of carbonyl (C=O) groups excluding carboxylic acids is 1. The summed E-state index contributed by atoms with van der Waals surface area (Å²) in [5.41, 5.74) is 1.30. The van der Waals surface area contributed by atoms with E-state index in [9.17, 15) is 9.18 Å². The Hall–Kier alpha value is -2.47. The van der Waals surface area contributed by atoms with E-state index < -0.39 is 6.03 Å². The van der Waals surface area contributed by atoms with Crippen LogP contribution in [0.2, 0.25) is 5.02 Å². The third-order valence-corrected chi connectivity index (χ3v) is 3.70. The van der Waals surface area contributed by atoms with Gasteiger partial charge in [0.25, 0.3) is 0 Å². The Kier molecular flexibility index (Phi) is 5.05. The molecule has 0 aromatic heterocycles. The summed E-state index contributed by atoms with van der Waals surface area (Å²) in [5.74, 6) is 0.757. The van der Waals surface area contributed by atoms with E-state index in [1.165, 1.54) is 24.3 Å². The maximum atomic E-state index is 12.8. The van der Waals surface area contributed by atoms with Crippen LogP contribution in [0.15, 0.2) is 36.4 Å². The molecule has 1 aliphatic rings. The first kappa shape index (κ1) is 16.4. The van der Waals surface area contributed by atoms with E-state index in [4.69, 9.17) is 21.1 Å². The van der Waals surface area contributed by atoms with Gasteiger partial charge in [0.2, 0.25) is 0 Å². The first-order chi connectivity index (χ1) is 11.6. The smallest absolute Gasteiger partial charge is 0.319 e. The van der Waals surface area contributed by atoms with Gasteiger partial charge in [-0.1, -0.05) is 11.6 Å². The second kappa shape index (κ2) is 7.40. The molecule has 2 aromatic carbocycles. The van der Waals surface area contributed by atoms with Crippen LogP contribution in [0.25, 0.3) is 0 Å². The number of amides is 2. The maximum Gasteiger partial charge on any atom is 0.319 e. The molecule has 0 saturated carbocycles. The van der Waals surface area contributed by atoms with Gasteiger partial charge in [-0.2, -0.15) is 0 Å². The van der Waals surface area contributed by atoms with Crippen molar-refractivity contribution in [3.05, 3.63) is 52.8 Å². The Bertz CT molecular complexity index is 737. The van der Waals surface area contributed by atoms with Gasteiger partial charge in [-0.15, -0.1) is 0 Å². The normalized spacial score (nSPS) is 13.1. The molecule has 126 valence electrons. The van der Waals surface area contributed by atoms with Crippen LogP contribution < -0.4 is 20.1 Å². The molecule has 2 aromatic rings. The van der Waals surface area contributed by atoms with Crippen LogP contribution in [0, 0.1) is 5.82 Å². The predicted octanol–water partition coefficient (Wildman–Crippen LogP) is 3.96. The number of nitrogens with one attached hydrogen (secondary N) is 2. The van der Waals surface area contributed by atoms with Crippen molar-refractivity contribution >= 4 is 23.3 Å². The Morgan fingerprint density at radius 3 is 2.71 bits per heavy atom. The van der Waals surface area contributed by atoms with Gasteiger partial charge >= 0.3 is 6.03 Å². The number of ether oxygens (including phenoxy) is 2. The van der Waals surface area contributed by atoms with E-state index in [-0.39, 0.29) is 12.4 Å². The first-order valence-corrected chi connectivity index (χ1v) is 7.88. The fourth-order valence-corrected chi connectivity index (χ4v) is 2.56. The van der Waals surface area contributed by atoms with Crippen molar-refractivity contribution in [3.63, 3.8) is 0 Å². The number of hydrogen-bond acceptors (Lipinski definition) is 3. The number of rotatable bonds is 3. The number of carbonyl (C=O) groups is 1. The molecular weight excluding hydrogens is 335 g/mol. The molecule has 2 amide bonds. The fourth-order valence-electron chi connectivity index (χ4n) is 2.28. The number of fused-ring (bicyclic) bond motifs is 1. The van der Waals surface area contributed by atoms with Crippen LogP contribution >= 0.6 is 11.6 Å². The molecule has 2 N–H and O–H groups in total. The molecule has 3 rings (SSSR count). The Labute approximate surface area is 143 Å². The maximum absolute atomic E-state index is 12.8. The summed E-state index contributed by atoms with van der Waals surface area (Å²) in [6, 6.07) is 8.65. The minimum Gasteiger partial charge on any atom is -0.489 e. The molecule has 0 atom stereocenters. The van der Waals surface area contributed by atoms with Gasteiger partial charge in [0.05, 0.1) is 18.2 Å². The minimum atomic E-state index is -0.398. The van der Waals surface area contributed by atoms with Gasteiger partial charge in [0.1, 0.15) is 5.82 Å². The molecule has 0 saturated heterocycles. The highest BCUT2D eigenvalue weighted by Crippen LogP contribution is 2.37. The van der Waals surface area contributed by atoms with E-state index in [0.717, 1.165) is 12.0 Å². The molecule has 0 unspecified atom stereocenters. The lowest BCUT2D eigenvalue weighted by molar-refractivity contribution is 0.251. The zero-order valence-corrected chi connectivity index (χ0v) is 13.5. The molecule has 1 aliphatic heterocycles. The topological polar surface area (TPSA) is 59.6 Å². The van der Waals surface area contributed by atoms with Gasteiger partial charge in [0.15, 0.2) is 11.5 Å². The lowest BCUT2D eigenvalue weighted by atomic mass is 10.2. The number of urea groups is 1. The number of halogens is 2. The highest BCUT2D eigenvalue weighted by Gasteiger charge is 2.15. The van der Waals surface area contributed by atoms with Gasteiger partial charge < -0.3 is 20.1 Å². The Balaban J connectivity index is 1.62. The average molecular weight is 351 g/mol. The molecule has 24 heavy (non-hydrogen) atoms. The van der Waals surface area contributed by atoms with Crippen LogP contribution in [0.1, 0.15) is 12.0 Å². The SMILES string of the molecule is O=C(NCc1cc(Cl)c2c(c1)OCCCO2)Nc1ccc(F)cc1. The van der Waals surface area contributed by atoms with E-state index >= 15 is 0 Å². The molecular formula is C17H16ClFN2O3.